The summed E-state index contributed by atoms with van der Waals surface area (Å²) in [5, 5.41) is 0. The predicted octanol–water partition coefficient (Wildman–Crippen LogP) is 4.70. The van der Waals surface area contributed by atoms with Gasteiger partial charge in [-0.25, -0.2) is 0 Å². The van der Waals surface area contributed by atoms with E-state index in [0.717, 1.165) is 5.92 Å². The molecular weight excluding hydrogens is 156 g/mol. The van der Waals surface area contributed by atoms with E-state index in [-0.39, 0.29) is 0 Å². The number of hydrogen-bond donors (Lipinski definition) is 0. The van der Waals surface area contributed by atoms with E-state index in [1.165, 1.54) is 51.4 Å². The molecule has 0 radical (unpaired) electrons. The van der Waals surface area contributed by atoms with Crippen LogP contribution in [0.4, 0.5) is 0 Å². The molecular formula is C13H24. The van der Waals surface area contributed by atoms with Crippen LogP contribution < -0.4 is 0 Å². The molecule has 0 heterocycles. The molecule has 0 N–H and O–H groups in total. The molecule has 0 aliphatic heterocycles. The van der Waals surface area contributed by atoms with Gasteiger partial charge in [0.2, 0.25) is 0 Å². The first-order chi connectivity index (χ1) is 6.38. The van der Waals surface area contributed by atoms with Gasteiger partial charge in [-0.3, -0.25) is 0 Å². The molecule has 0 aromatic rings. The summed E-state index contributed by atoms with van der Waals surface area (Å²) < 4.78 is 0. The van der Waals surface area contributed by atoms with Crippen molar-refractivity contribution in [3.63, 3.8) is 0 Å². The van der Waals surface area contributed by atoms with Gasteiger partial charge in [-0.05, 0) is 31.6 Å². The summed E-state index contributed by atoms with van der Waals surface area (Å²) in [6.07, 6.45) is 13.7. The molecule has 1 aliphatic carbocycles. The first kappa shape index (κ1) is 10.8. The molecule has 0 aromatic carbocycles. The second kappa shape index (κ2) is 6.23. The molecule has 0 heteroatoms. The minimum Gasteiger partial charge on any atom is -0.0851 e. The predicted molar refractivity (Wildman–Crippen MR) is 59.9 cm³/mol. The van der Waals surface area contributed by atoms with Crippen molar-refractivity contribution in [3.05, 3.63) is 11.6 Å². The van der Waals surface area contributed by atoms with Crippen molar-refractivity contribution in [2.24, 2.45) is 5.92 Å². The van der Waals surface area contributed by atoms with Crippen LogP contribution in [0.3, 0.4) is 0 Å². The Morgan fingerprint density at radius 3 is 2.54 bits per heavy atom. The number of allylic oxidation sites excluding steroid dienone is 2. The van der Waals surface area contributed by atoms with Crippen molar-refractivity contribution < 1.29 is 0 Å². The zero-order valence-electron chi connectivity index (χ0n) is 9.31. The van der Waals surface area contributed by atoms with Gasteiger partial charge in [0.05, 0.1) is 0 Å². The van der Waals surface area contributed by atoms with Gasteiger partial charge in [0.15, 0.2) is 0 Å². The third kappa shape index (κ3) is 3.54. The summed E-state index contributed by atoms with van der Waals surface area (Å²) in [5.41, 5.74) is 1.78. The number of rotatable bonds is 6. The topological polar surface area (TPSA) is 0 Å². The molecule has 1 unspecified atom stereocenters. The lowest BCUT2D eigenvalue weighted by Crippen LogP contribution is -2.15. The highest BCUT2D eigenvalue weighted by Gasteiger charge is 2.22. The zero-order chi connectivity index (χ0) is 9.52. The Balaban J connectivity index is 2.15. The van der Waals surface area contributed by atoms with Crippen LogP contribution >= 0.6 is 0 Å². The van der Waals surface area contributed by atoms with Crippen molar-refractivity contribution >= 4 is 0 Å². The molecule has 0 amide bonds. The average molecular weight is 180 g/mol. The van der Waals surface area contributed by atoms with E-state index in [0.29, 0.717) is 0 Å². The third-order valence-electron chi connectivity index (χ3n) is 3.18. The maximum atomic E-state index is 2.52. The quantitative estimate of drug-likeness (QED) is 0.410. The lowest BCUT2D eigenvalue weighted by molar-refractivity contribution is 0.398. The first-order valence-corrected chi connectivity index (χ1v) is 6.07. The van der Waals surface area contributed by atoms with Crippen molar-refractivity contribution in [2.45, 2.75) is 65.2 Å². The third-order valence-corrected chi connectivity index (χ3v) is 3.18. The van der Waals surface area contributed by atoms with Crippen molar-refractivity contribution in [1.29, 1.82) is 0 Å². The molecule has 1 saturated carbocycles. The monoisotopic (exact) mass is 180 g/mol. The van der Waals surface area contributed by atoms with E-state index in [9.17, 15) is 0 Å². The van der Waals surface area contributed by atoms with Crippen LogP contribution in [0, 0.1) is 5.92 Å². The molecule has 1 fully saturated rings. The molecule has 0 saturated heterocycles. The standard InChI is InChI=1S/C13H24/c1-3-5-7-9-13-11-10-12(13)8-6-4-2/h9,12H,3-8,10-11H2,1-2H3. The Bertz CT molecular complexity index is 155. The Labute approximate surface area is 83.4 Å². The summed E-state index contributed by atoms with van der Waals surface area (Å²) in [4.78, 5) is 0. The fraction of sp³-hybridized carbons (Fsp3) is 0.846. The Hall–Kier alpha value is -0.260. The van der Waals surface area contributed by atoms with Crippen molar-refractivity contribution in [1.82, 2.24) is 0 Å². The van der Waals surface area contributed by atoms with E-state index < -0.39 is 0 Å². The van der Waals surface area contributed by atoms with Gasteiger partial charge < -0.3 is 0 Å². The van der Waals surface area contributed by atoms with Gasteiger partial charge >= 0.3 is 0 Å². The fourth-order valence-corrected chi connectivity index (χ4v) is 2.06. The van der Waals surface area contributed by atoms with Crippen molar-refractivity contribution in [2.75, 3.05) is 0 Å². The number of unbranched alkanes of at least 4 members (excludes halogenated alkanes) is 3. The minimum atomic E-state index is 0.983. The molecule has 13 heavy (non-hydrogen) atoms. The fourth-order valence-electron chi connectivity index (χ4n) is 2.06. The van der Waals surface area contributed by atoms with Crippen LogP contribution in [0.5, 0.6) is 0 Å². The van der Waals surface area contributed by atoms with Gasteiger partial charge in [-0.2, -0.15) is 0 Å². The maximum absolute atomic E-state index is 2.52. The molecule has 0 nitrogen and oxygen atoms in total. The van der Waals surface area contributed by atoms with E-state index >= 15 is 0 Å². The van der Waals surface area contributed by atoms with Crippen LogP contribution in [0.1, 0.15) is 65.2 Å². The van der Waals surface area contributed by atoms with Crippen LogP contribution in [0.25, 0.3) is 0 Å². The second-order valence-corrected chi connectivity index (χ2v) is 4.30. The van der Waals surface area contributed by atoms with Gasteiger partial charge in [0.1, 0.15) is 0 Å². The van der Waals surface area contributed by atoms with Crippen LogP contribution in [-0.2, 0) is 0 Å². The molecule has 0 bridgehead atoms. The van der Waals surface area contributed by atoms with Gasteiger partial charge in [-0.1, -0.05) is 51.2 Å². The second-order valence-electron chi connectivity index (χ2n) is 4.30. The highest BCUT2D eigenvalue weighted by atomic mass is 14.3. The van der Waals surface area contributed by atoms with Crippen LogP contribution in [0.2, 0.25) is 0 Å². The SMILES string of the molecule is CCCCC=C1CCC1CCCC. The average Bonchev–Trinajstić information content (AvgIpc) is 2.11. The summed E-state index contributed by atoms with van der Waals surface area (Å²) in [7, 11) is 0. The lowest BCUT2D eigenvalue weighted by atomic mass is 9.76. The molecule has 1 atom stereocenters. The highest BCUT2D eigenvalue weighted by Crippen LogP contribution is 2.37. The molecule has 0 aromatic heterocycles. The Morgan fingerprint density at radius 2 is 2.00 bits per heavy atom. The molecule has 1 rings (SSSR count). The molecule has 0 spiro atoms. The largest absolute Gasteiger partial charge is 0.0851 e. The van der Waals surface area contributed by atoms with Crippen LogP contribution in [-0.4, -0.2) is 0 Å². The maximum Gasteiger partial charge on any atom is -0.0200 e. The smallest absolute Gasteiger partial charge is 0.0200 e. The van der Waals surface area contributed by atoms with Gasteiger partial charge in [-0.15, -0.1) is 0 Å². The minimum absolute atomic E-state index is 0.983. The van der Waals surface area contributed by atoms with E-state index in [1.807, 2.05) is 0 Å². The summed E-state index contributed by atoms with van der Waals surface area (Å²) in [5.74, 6) is 0.983. The summed E-state index contributed by atoms with van der Waals surface area (Å²) in [6, 6.07) is 0. The number of hydrogen-bond acceptors (Lipinski definition) is 0. The van der Waals surface area contributed by atoms with E-state index in [2.05, 4.69) is 19.9 Å². The van der Waals surface area contributed by atoms with Crippen molar-refractivity contribution in [3.8, 4) is 0 Å². The van der Waals surface area contributed by atoms with Gasteiger partial charge in [0.25, 0.3) is 0 Å². The van der Waals surface area contributed by atoms with Gasteiger partial charge in [0, 0.05) is 0 Å². The first-order valence-electron chi connectivity index (χ1n) is 6.07. The zero-order valence-corrected chi connectivity index (χ0v) is 9.31. The Kier molecular flexibility index (Phi) is 5.19. The van der Waals surface area contributed by atoms with E-state index in [4.69, 9.17) is 0 Å². The summed E-state index contributed by atoms with van der Waals surface area (Å²) >= 11 is 0. The van der Waals surface area contributed by atoms with E-state index in [1.54, 1.807) is 5.57 Å². The molecule has 76 valence electrons. The van der Waals surface area contributed by atoms with Crippen LogP contribution in [0.15, 0.2) is 11.6 Å². The normalized spacial score (nSPS) is 24.8. The Morgan fingerprint density at radius 1 is 1.23 bits per heavy atom. The highest BCUT2D eigenvalue weighted by molar-refractivity contribution is 5.14. The molecule has 1 aliphatic rings. The lowest BCUT2D eigenvalue weighted by Gasteiger charge is -2.30. The summed E-state index contributed by atoms with van der Waals surface area (Å²) in [6.45, 7) is 4.56.